The number of anilines is 1. The smallest absolute Gasteiger partial charge is 0.298 e. The van der Waals surface area contributed by atoms with E-state index in [9.17, 15) is 4.39 Å². The van der Waals surface area contributed by atoms with Crippen molar-refractivity contribution in [3.05, 3.63) is 53.8 Å². The van der Waals surface area contributed by atoms with Crippen LogP contribution in [0.5, 0.6) is 5.75 Å². The first-order valence-electron chi connectivity index (χ1n) is 6.56. The molecule has 3 rings (SSSR count). The van der Waals surface area contributed by atoms with Crippen LogP contribution in [0.15, 0.2) is 46.9 Å². The SMILES string of the molecule is COc1ccc(CN(C)c2nc3ccccc3o2)cc1F. The molecule has 0 atom stereocenters. The summed E-state index contributed by atoms with van der Waals surface area (Å²) in [5.41, 5.74) is 2.36. The quantitative estimate of drug-likeness (QED) is 0.734. The zero-order chi connectivity index (χ0) is 14.8. The lowest BCUT2D eigenvalue weighted by molar-refractivity contribution is 0.386. The monoisotopic (exact) mass is 286 g/mol. The van der Waals surface area contributed by atoms with E-state index >= 15 is 0 Å². The largest absolute Gasteiger partial charge is 0.494 e. The van der Waals surface area contributed by atoms with Gasteiger partial charge in [-0.2, -0.15) is 4.98 Å². The molecule has 4 nitrogen and oxygen atoms in total. The summed E-state index contributed by atoms with van der Waals surface area (Å²) in [6, 6.07) is 13.0. The molecule has 2 aromatic carbocycles. The number of ether oxygens (including phenoxy) is 1. The number of methoxy groups -OCH3 is 1. The molecule has 5 heteroatoms. The van der Waals surface area contributed by atoms with Gasteiger partial charge in [0, 0.05) is 13.6 Å². The van der Waals surface area contributed by atoms with Crippen molar-refractivity contribution in [3.8, 4) is 5.75 Å². The van der Waals surface area contributed by atoms with Crippen LogP contribution < -0.4 is 9.64 Å². The molecule has 108 valence electrons. The Morgan fingerprint density at radius 3 is 2.76 bits per heavy atom. The molecule has 0 radical (unpaired) electrons. The number of nitrogens with zero attached hydrogens (tertiary/aromatic N) is 2. The third kappa shape index (κ3) is 2.67. The molecule has 0 spiro atoms. The Hall–Kier alpha value is -2.56. The van der Waals surface area contributed by atoms with Gasteiger partial charge in [0.05, 0.1) is 7.11 Å². The van der Waals surface area contributed by atoms with E-state index < -0.39 is 0 Å². The molecule has 1 aromatic heterocycles. The van der Waals surface area contributed by atoms with Gasteiger partial charge in [0.1, 0.15) is 5.52 Å². The van der Waals surface area contributed by atoms with Gasteiger partial charge in [-0.3, -0.25) is 0 Å². The number of para-hydroxylation sites is 2. The second-order valence-corrected chi connectivity index (χ2v) is 4.79. The van der Waals surface area contributed by atoms with Crippen LogP contribution in [0.2, 0.25) is 0 Å². The van der Waals surface area contributed by atoms with Crippen LogP contribution in [0, 0.1) is 5.82 Å². The summed E-state index contributed by atoms with van der Waals surface area (Å²) in [6.07, 6.45) is 0. The summed E-state index contributed by atoms with van der Waals surface area (Å²) in [7, 11) is 3.30. The first-order valence-corrected chi connectivity index (χ1v) is 6.56. The van der Waals surface area contributed by atoms with Gasteiger partial charge < -0.3 is 14.1 Å². The fourth-order valence-corrected chi connectivity index (χ4v) is 2.17. The fourth-order valence-electron chi connectivity index (χ4n) is 2.17. The van der Waals surface area contributed by atoms with Crippen LogP contribution in [0.3, 0.4) is 0 Å². The Kier molecular flexibility index (Phi) is 3.48. The molecule has 0 amide bonds. The van der Waals surface area contributed by atoms with E-state index in [0.717, 1.165) is 16.7 Å². The van der Waals surface area contributed by atoms with Crippen molar-refractivity contribution < 1.29 is 13.5 Å². The van der Waals surface area contributed by atoms with Gasteiger partial charge in [-0.05, 0) is 29.8 Å². The third-order valence-electron chi connectivity index (χ3n) is 3.25. The Labute approximate surface area is 121 Å². The van der Waals surface area contributed by atoms with E-state index in [1.807, 2.05) is 42.3 Å². The van der Waals surface area contributed by atoms with Crippen molar-refractivity contribution in [3.63, 3.8) is 0 Å². The van der Waals surface area contributed by atoms with Crippen molar-refractivity contribution >= 4 is 17.1 Å². The molecular formula is C16H15FN2O2. The van der Waals surface area contributed by atoms with Gasteiger partial charge in [-0.1, -0.05) is 18.2 Å². The van der Waals surface area contributed by atoms with Gasteiger partial charge in [0.2, 0.25) is 0 Å². The highest BCUT2D eigenvalue weighted by Gasteiger charge is 2.11. The van der Waals surface area contributed by atoms with E-state index in [4.69, 9.17) is 9.15 Å². The van der Waals surface area contributed by atoms with Gasteiger partial charge in [0.25, 0.3) is 6.01 Å². The number of hydrogen-bond acceptors (Lipinski definition) is 4. The molecule has 0 bridgehead atoms. The predicted molar refractivity (Wildman–Crippen MR) is 79.1 cm³/mol. The van der Waals surface area contributed by atoms with Crippen molar-refractivity contribution in [1.29, 1.82) is 0 Å². The number of benzene rings is 2. The Morgan fingerprint density at radius 1 is 1.24 bits per heavy atom. The second-order valence-electron chi connectivity index (χ2n) is 4.79. The zero-order valence-corrected chi connectivity index (χ0v) is 11.8. The topological polar surface area (TPSA) is 38.5 Å². The molecule has 3 aromatic rings. The number of fused-ring (bicyclic) bond motifs is 1. The minimum Gasteiger partial charge on any atom is -0.494 e. The first kappa shape index (κ1) is 13.4. The van der Waals surface area contributed by atoms with E-state index in [2.05, 4.69) is 4.98 Å². The minimum atomic E-state index is -0.374. The molecule has 0 fully saturated rings. The molecule has 0 saturated carbocycles. The lowest BCUT2D eigenvalue weighted by Gasteiger charge is -2.14. The lowest BCUT2D eigenvalue weighted by atomic mass is 10.2. The van der Waals surface area contributed by atoms with Crippen molar-refractivity contribution in [1.82, 2.24) is 4.98 Å². The van der Waals surface area contributed by atoms with Crippen molar-refractivity contribution in [2.75, 3.05) is 19.1 Å². The number of oxazole rings is 1. The second kappa shape index (κ2) is 5.44. The van der Waals surface area contributed by atoms with Crippen LogP contribution >= 0.6 is 0 Å². The van der Waals surface area contributed by atoms with Crippen LogP contribution in [-0.4, -0.2) is 19.1 Å². The Morgan fingerprint density at radius 2 is 2.05 bits per heavy atom. The van der Waals surface area contributed by atoms with Crippen LogP contribution in [0.4, 0.5) is 10.4 Å². The molecule has 0 aliphatic rings. The fraction of sp³-hybridized carbons (Fsp3) is 0.188. The molecule has 0 N–H and O–H groups in total. The molecule has 0 aliphatic heterocycles. The summed E-state index contributed by atoms with van der Waals surface area (Å²) in [6.45, 7) is 0.494. The van der Waals surface area contributed by atoms with Crippen molar-refractivity contribution in [2.24, 2.45) is 0 Å². The number of rotatable bonds is 4. The summed E-state index contributed by atoms with van der Waals surface area (Å²) < 4.78 is 24.3. The average Bonchev–Trinajstić information content (AvgIpc) is 2.91. The summed E-state index contributed by atoms with van der Waals surface area (Å²) in [5, 5.41) is 0. The lowest BCUT2D eigenvalue weighted by Crippen LogP contribution is -2.16. The number of aromatic nitrogens is 1. The first-order chi connectivity index (χ1) is 10.2. The van der Waals surface area contributed by atoms with Gasteiger partial charge in [-0.25, -0.2) is 4.39 Å². The van der Waals surface area contributed by atoms with Crippen LogP contribution in [0.1, 0.15) is 5.56 Å². The molecule has 21 heavy (non-hydrogen) atoms. The average molecular weight is 286 g/mol. The maximum absolute atomic E-state index is 13.7. The van der Waals surface area contributed by atoms with Crippen molar-refractivity contribution in [2.45, 2.75) is 6.54 Å². The molecule has 0 aliphatic carbocycles. The molecule has 1 heterocycles. The molecule has 0 unspecified atom stereocenters. The highest BCUT2D eigenvalue weighted by molar-refractivity contribution is 5.74. The summed E-state index contributed by atoms with van der Waals surface area (Å²) in [4.78, 5) is 6.24. The van der Waals surface area contributed by atoms with Gasteiger partial charge in [0.15, 0.2) is 17.1 Å². The van der Waals surface area contributed by atoms with E-state index in [0.29, 0.717) is 12.6 Å². The minimum absolute atomic E-state index is 0.239. The number of hydrogen-bond donors (Lipinski definition) is 0. The van der Waals surface area contributed by atoms with Gasteiger partial charge >= 0.3 is 0 Å². The predicted octanol–water partition coefficient (Wildman–Crippen LogP) is 3.61. The van der Waals surface area contributed by atoms with E-state index in [1.54, 1.807) is 6.07 Å². The standard InChI is InChI=1S/C16H15FN2O2/c1-19(10-11-7-8-14(20-2)12(17)9-11)16-18-13-5-3-4-6-15(13)21-16/h3-9H,10H2,1-2H3. The third-order valence-corrected chi connectivity index (χ3v) is 3.25. The molecular weight excluding hydrogens is 271 g/mol. The highest BCUT2D eigenvalue weighted by Crippen LogP contribution is 2.23. The Bertz CT molecular complexity index is 737. The Balaban J connectivity index is 1.82. The van der Waals surface area contributed by atoms with E-state index in [1.165, 1.54) is 13.2 Å². The van der Waals surface area contributed by atoms with Gasteiger partial charge in [-0.15, -0.1) is 0 Å². The highest BCUT2D eigenvalue weighted by atomic mass is 19.1. The number of halogens is 1. The van der Waals surface area contributed by atoms with E-state index in [-0.39, 0.29) is 11.6 Å². The maximum atomic E-state index is 13.7. The maximum Gasteiger partial charge on any atom is 0.298 e. The zero-order valence-electron chi connectivity index (χ0n) is 11.8. The van der Waals surface area contributed by atoms with Crippen LogP contribution in [-0.2, 0) is 6.54 Å². The summed E-state index contributed by atoms with van der Waals surface area (Å²) >= 11 is 0. The van der Waals surface area contributed by atoms with Crippen LogP contribution in [0.25, 0.3) is 11.1 Å². The molecule has 0 saturated heterocycles. The normalized spacial score (nSPS) is 10.8. The summed E-state index contributed by atoms with van der Waals surface area (Å²) in [5.74, 6) is -0.135.